The molecule has 0 saturated carbocycles. The Bertz CT molecular complexity index is 641. The maximum absolute atomic E-state index is 5.84. The Morgan fingerprint density at radius 3 is 3.05 bits per heavy atom. The van der Waals surface area contributed by atoms with Gasteiger partial charge < -0.3 is 10.1 Å². The second kappa shape index (κ2) is 4.63. The van der Waals surface area contributed by atoms with Gasteiger partial charge in [0.1, 0.15) is 11.9 Å². The van der Waals surface area contributed by atoms with E-state index < -0.39 is 0 Å². The molecule has 1 aromatic heterocycles. The SMILES string of the molecule is Cc1ccccc1-n1nc(C2CCCO2)c2c1NCC2. The lowest BCUT2D eigenvalue weighted by Crippen LogP contribution is -2.07. The second-order valence-electron chi connectivity index (χ2n) is 5.59. The highest BCUT2D eigenvalue weighted by Crippen LogP contribution is 2.37. The summed E-state index contributed by atoms with van der Waals surface area (Å²) in [5.74, 6) is 1.16. The van der Waals surface area contributed by atoms with Crippen LogP contribution in [0.5, 0.6) is 0 Å². The highest BCUT2D eigenvalue weighted by atomic mass is 16.5. The molecule has 4 heteroatoms. The van der Waals surface area contributed by atoms with Gasteiger partial charge in [-0.3, -0.25) is 0 Å². The Morgan fingerprint density at radius 2 is 2.25 bits per heavy atom. The van der Waals surface area contributed by atoms with Gasteiger partial charge in [-0.15, -0.1) is 0 Å². The van der Waals surface area contributed by atoms with Gasteiger partial charge in [0.15, 0.2) is 0 Å². The first-order chi connectivity index (χ1) is 9.84. The van der Waals surface area contributed by atoms with E-state index >= 15 is 0 Å². The summed E-state index contributed by atoms with van der Waals surface area (Å²) in [6, 6.07) is 8.39. The van der Waals surface area contributed by atoms with E-state index in [-0.39, 0.29) is 6.10 Å². The molecule has 2 aliphatic rings. The first kappa shape index (κ1) is 12.0. The Kier molecular flexibility index (Phi) is 2.77. The van der Waals surface area contributed by atoms with Crippen LogP contribution in [-0.4, -0.2) is 22.9 Å². The van der Waals surface area contributed by atoms with Gasteiger partial charge in [-0.2, -0.15) is 5.10 Å². The number of hydrogen-bond acceptors (Lipinski definition) is 3. The topological polar surface area (TPSA) is 39.1 Å². The van der Waals surface area contributed by atoms with Crippen molar-refractivity contribution in [2.45, 2.75) is 32.3 Å². The van der Waals surface area contributed by atoms with Crippen molar-refractivity contribution in [1.29, 1.82) is 0 Å². The summed E-state index contributed by atoms with van der Waals surface area (Å²) >= 11 is 0. The third-order valence-electron chi connectivity index (χ3n) is 4.26. The predicted octanol–water partition coefficient (Wildman–Crippen LogP) is 3.00. The third-order valence-corrected chi connectivity index (χ3v) is 4.26. The molecular formula is C16H19N3O. The number of nitrogens with zero attached hydrogens (tertiary/aromatic N) is 2. The fourth-order valence-electron chi connectivity index (χ4n) is 3.23. The fraction of sp³-hybridized carbons (Fsp3) is 0.438. The molecule has 1 unspecified atom stereocenters. The molecule has 104 valence electrons. The zero-order chi connectivity index (χ0) is 13.5. The van der Waals surface area contributed by atoms with Gasteiger partial charge in [0.2, 0.25) is 0 Å². The van der Waals surface area contributed by atoms with E-state index in [2.05, 4.69) is 41.2 Å². The highest BCUT2D eigenvalue weighted by Gasteiger charge is 2.30. The van der Waals surface area contributed by atoms with Crippen LogP contribution in [0.3, 0.4) is 0 Å². The molecule has 3 heterocycles. The van der Waals surface area contributed by atoms with E-state index in [1.54, 1.807) is 0 Å². The second-order valence-corrected chi connectivity index (χ2v) is 5.59. The first-order valence-corrected chi connectivity index (χ1v) is 7.38. The van der Waals surface area contributed by atoms with Gasteiger partial charge >= 0.3 is 0 Å². The van der Waals surface area contributed by atoms with E-state index in [9.17, 15) is 0 Å². The number of hydrogen-bond donors (Lipinski definition) is 1. The average Bonchev–Trinajstić information content (AvgIpc) is 3.16. The van der Waals surface area contributed by atoms with Crippen LogP contribution in [0.4, 0.5) is 5.82 Å². The number of aromatic nitrogens is 2. The molecular weight excluding hydrogens is 250 g/mol. The third kappa shape index (κ3) is 1.75. The van der Waals surface area contributed by atoms with Crippen molar-refractivity contribution in [2.24, 2.45) is 0 Å². The van der Waals surface area contributed by atoms with Crippen LogP contribution in [0.25, 0.3) is 5.69 Å². The zero-order valence-corrected chi connectivity index (χ0v) is 11.7. The molecule has 2 aromatic rings. The number of fused-ring (bicyclic) bond motifs is 1. The summed E-state index contributed by atoms with van der Waals surface area (Å²) in [5.41, 5.74) is 4.89. The van der Waals surface area contributed by atoms with Crippen LogP contribution in [0, 0.1) is 6.92 Å². The number of aryl methyl sites for hydroxylation is 1. The number of anilines is 1. The zero-order valence-electron chi connectivity index (χ0n) is 11.7. The van der Waals surface area contributed by atoms with Gasteiger partial charge in [-0.25, -0.2) is 4.68 Å². The molecule has 1 saturated heterocycles. The smallest absolute Gasteiger partial charge is 0.133 e. The Morgan fingerprint density at radius 1 is 1.35 bits per heavy atom. The molecule has 1 aromatic carbocycles. The van der Waals surface area contributed by atoms with Crippen molar-refractivity contribution in [2.75, 3.05) is 18.5 Å². The van der Waals surface area contributed by atoms with E-state index in [0.29, 0.717) is 0 Å². The lowest BCUT2D eigenvalue weighted by atomic mass is 10.1. The molecule has 4 rings (SSSR count). The summed E-state index contributed by atoms with van der Waals surface area (Å²) in [4.78, 5) is 0. The molecule has 4 nitrogen and oxygen atoms in total. The number of nitrogens with one attached hydrogen (secondary N) is 1. The number of ether oxygens (including phenoxy) is 1. The van der Waals surface area contributed by atoms with Crippen molar-refractivity contribution in [3.8, 4) is 5.69 Å². The van der Waals surface area contributed by atoms with Crippen molar-refractivity contribution >= 4 is 5.82 Å². The maximum atomic E-state index is 5.84. The van der Waals surface area contributed by atoms with E-state index in [4.69, 9.17) is 9.84 Å². The molecule has 1 N–H and O–H groups in total. The van der Waals surface area contributed by atoms with Gasteiger partial charge in [0.05, 0.1) is 11.4 Å². The largest absolute Gasteiger partial charge is 0.372 e. The Labute approximate surface area is 118 Å². The van der Waals surface area contributed by atoms with Gasteiger partial charge in [-0.1, -0.05) is 18.2 Å². The van der Waals surface area contributed by atoms with E-state index in [1.165, 1.54) is 11.1 Å². The average molecular weight is 269 g/mol. The fourth-order valence-corrected chi connectivity index (χ4v) is 3.23. The number of para-hydroxylation sites is 1. The van der Waals surface area contributed by atoms with Crippen LogP contribution < -0.4 is 5.32 Å². The quantitative estimate of drug-likeness (QED) is 0.911. The molecule has 0 bridgehead atoms. The standard InChI is InChI=1S/C16H19N3O/c1-11-5-2-3-6-13(11)19-16-12(8-9-17-16)15(18-19)14-7-4-10-20-14/h2-3,5-6,14,17H,4,7-10H2,1H3. The van der Waals surface area contributed by atoms with Gasteiger partial charge in [0.25, 0.3) is 0 Å². The summed E-state index contributed by atoms with van der Waals surface area (Å²) < 4.78 is 7.90. The van der Waals surface area contributed by atoms with Crippen LogP contribution in [0.2, 0.25) is 0 Å². The summed E-state index contributed by atoms with van der Waals surface area (Å²) in [7, 11) is 0. The van der Waals surface area contributed by atoms with E-state index in [0.717, 1.165) is 49.6 Å². The van der Waals surface area contributed by atoms with Crippen LogP contribution in [0.1, 0.15) is 35.8 Å². The van der Waals surface area contributed by atoms with Crippen molar-refractivity contribution in [1.82, 2.24) is 9.78 Å². The molecule has 0 spiro atoms. The lowest BCUT2D eigenvalue weighted by Gasteiger charge is -2.10. The summed E-state index contributed by atoms with van der Waals surface area (Å²) in [6.45, 7) is 3.99. The van der Waals surface area contributed by atoms with Crippen LogP contribution >= 0.6 is 0 Å². The molecule has 0 amide bonds. The van der Waals surface area contributed by atoms with Crippen molar-refractivity contribution in [3.05, 3.63) is 41.1 Å². The number of benzene rings is 1. The maximum Gasteiger partial charge on any atom is 0.133 e. The summed E-state index contributed by atoms with van der Waals surface area (Å²) in [6.07, 6.45) is 3.48. The molecule has 0 radical (unpaired) electrons. The Hall–Kier alpha value is -1.81. The lowest BCUT2D eigenvalue weighted by molar-refractivity contribution is 0.107. The monoisotopic (exact) mass is 269 g/mol. The van der Waals surface area contributed by atoms with Crippen LogP contribution in [0.15, 0.2) is 24.3 Å². The van der Waals surface area contributed by atoms with Crippen molar-refractivity contribution in [3.63, 3.8) is 0 Å². The summed E-state index contributed by atoms with van der Waals surface area (Å²) in [5, 5.41) is 8.36. The molecule has 1 atom stereocenters. The van der Waals surface area contributed by atoms with Crippen LogP contribution in [-0.2, 0) is 11.2 Å². The minimum Gasteiger partial charge on any atom is -0.372 e. The normalized spacial score (nSPS) is 20.9. The predicted molar refractivity (Wildman–Crippen MR) is 78.4 cm³/mol. The molecule has 1 fully saturated rings. The minimum absolute atomic E-state index is 0.189. The number of rotatable bonds is 2. The molecule has 2 aliphatic heterocycles. The molecule has 20 heavy (non-hydrogen) atoms. The van der Waals surface area contributed by atoms with E-state index in [1.807, 2.05) is 0 Å². The first-order valence-electron chi connectivity index (χ1n) is 7.38. The van der Waals surface area contributed by atoms with Crippen molar-refractivity contribution < 1.29 is 4.74 Å². The van der Waals surface area contributed by atoms with Gasteiger partial charge in [0, 0.05) is 18.7 Å². The Balaban J connectivity index is 1.85. The molecule has 0 aliphatic carbocycles. The highest BCUT2D eigenvalue weighted by molar-refractivity contribution is 5.58. The minimum atomic E-state index is 0.189. The van der Waals surface area contributed by atoms with Gasteiger partial charge in [-0.05, 0) is 37.8 Å².